The minimum atomic E-state index is -0.385. The third-order valence-corrected chi connectivity index (χ3v) is 5.03. The molecule has 0 bridgehead atoms. The average molecular weight is 388 g/mol. The van der Waals surface area contributed by atoms with Gasteiger partial charge in [-0.1, -0.05) is 36.4 Å². The molecule has 7 heteroatoms. The number of rotatable bonds is 9. The molecule has 0 saturated carbocycles. The number of nitrogens with one attached hydrogen (secondary N) is 2. The summed E-state index contributed by atoms with van der Waals surface area (Å²) >= 11 is 1.48. The Morgan fingerprint density at radius 3 is 2.44 bits per heavy atom. The van der Waals surface area contributed by atoms with E-state index in [1.165, 1.54) is 18.3 Å². The highest BCUT2D eigenvalue weighted by atomic mass is 32.1. The monoisotopic (exact) mass is 387 g/mol. The molecule has 1 aromatic heterocycles. The number of thiophene rings is 1. The van der Waals surface area contributed by atoms with Crippen molar-refractivity contribution in [2.24, 2.45) is 0 Å². The number of hydrogen-bond acceptors (Lipinski definition) is 4. The fourth-order valence-electron chi connectivity index (χ4n) is 2.68. The molecule has 1 unspecified atom stereocenters. The van der Waals surface area contributed by atoms with Crippen molar-refractivity contribution in [3.05, 3.63) is 58.3 Å². The lowest BCUT2D eigenvalue weighted by molar-refractivity contribution is -0.133. The molecule has 0 aliphatic heterocycles. The van der Waals surface area contributed by atoms with Gasteiger partial charge in [-0.25, -0.2) is 0 Å². The van der Waals surface area contributed by atoms with Gasteiger partial charge in [-0.15, -0.1) is 11.3 Å². The van der Waals surface area contributed by atoms with E-state index in [1.807, 2.05) is 54.8 Å². The van der Waals surface area contributed by atoms with Crippen molar-refractivity contribution in [1.82, 2.24) is 15.5 Å². The first-order chi connectivity index (χ1) is 13.0. The van der Waals surface area contributed by atoms with E-state index in [9.17, 15) is 14.4 Å². The van der Waals surface area contributed by atoms with Gasteiger partial charge in [-0.2, -0.15) is 0 Å². The topological polar surface area (TPSA) is 78.5 Å². The number of likely N-dealkylation sites (N-methyl/N-ethyl adjacent to an activating group) is 1. The Labute approximate surface area is 163 Å². The zero-order valence-corrected chi connectivity index (χ0v) is 16.4. The van der Waals surface area contributed by atoms with Gasteiger partial charge in [-0.3, -0.25) is 14.4 Å². The van der Waals surface area contributed by atoms with Gasteiger partial charge in [-0.05, 0) is 23.9 Å². The Balaban J connectivity index is 1.87. The highest BCUT2D eigenvalue weighted by Crippen LogP contribution is 2.21. The molecule has 0 fully saturated rings. The smallest absolute Gasteiger partial charge is 0.242 e. The summed E-state index contributed by atoms with van der Waals surface area (Å²) in [5.74, 6) is -0.606. The van der Waals surface area contributed by atoms with E-state index in [4.69, 9.17) is 0 Å². The third kappa shape index (κ3) is 6.86. The predicted molar refractivity (Wildman–Crippen MR) is 106 cm³/mol. The molecule has 0 aliphatic rings. The maximum absolute atomic E-state index is 12.4. The van der Waals surface area contributed by atoms with Gasteiger partial charge in [0.05, 0.1) is 19.0 Å². The van der Waals surface area contributed by atoms with E-state index < -0.39 is 0 Å². The van der Waals surface area contributed by atoms with Crippen LogP contribution in [-0.4, -0.2) is 35.7 Å². The van der Waals surface area contributed by atoms with Crippen LogP contribution in [0.1, 0.15) is 36.8 Å². The fourth-order valence-corrected chi connectivity index (χ4v) is 3.46. The van der Waals surface area contributed by atoms with Gasteiger partial charge in [0.2, 0.25) is 17.7 Å². The molecule has 0 radical (unpaired) electrons. The van der Waals surface area contributed by atoms with Crippen LogP contribution < -0.4 is 10.6 Å². The van der Waals surface area contributed by atoms with Crippen molar-refractivity contribution in [3.8, 4) is 0 Å². The minimum Gasteiger partial charge on any atom is -0.348 e. The summed E-state index contributed by atoms with van der Waals surface area (Å²) in [6.07, 6.45) is 0.0954. The number of carbonyl (C=O) groups excluding carboxylic acids is 3. The highest BCUT2D eigenvalue weighted by molar-refractivity contribution is 7.10. The second-order valence-corrected chi connectivity index (χ2v) is 7.12. The lowest BCUT2D eigenvalue weighted by Gasteiger charge is -2.22. The Morgan fingerprint density at radius 1 is 1.11 bits per heavy atom. The molecule has 2 rings (SSSR count). The quantitative estimate of drug-likeness (QED) is 0.694. The molecule has 144 valence electrons. The maximum atomic E-state index is 12.4. The number of hydrogen-bond donors (Lipinski definition) is 2. The van der Waals surface area contributed by atoms with Crippen LogP contribution in [0.4, 0.5) is 0 Å². The second kappa shape index (κ2) is 10.5. The molecule has 1 aromatic carbocycles. The Morgan fingerprint density at radius 2 is 1.85 bits per heavy atom. The molecule has 1 atom stereocenters. The largest absolute Gasteiger partial charge is 0.348 e. The van der Waals surface area contributed by atoms with E-state index in [0.717, 1.165) is 10.4 Å². The molecular weight excluding hydrogens is 362 g/mol. The molecule has 6 nitrogen and oxygen atoms in total. The molecule has 1 heterocycles. The maximum Gasteiger partial charge on any atom is 0.242 e. The van der Waals surface area contributed by atoms with Gasteiger partial charge >= 0.3 is 0 Å². The first-order valence-electron chi connectivity index (χ1n) is 8.88. The summed E-state index contributed by atoms with van der Waals surface area (Å²) in [6, 6.07) is 13.1. The van der Waals surface area contributed by atoms with Gasteiger partial charge in [0.25, 0.3) is 0 Å². The van der Waals surface area contributed by atoms with Crippen LogP contribution in [0, 0.1) is 0 Å². The zero-order chi connectivity index (χ0) is 19.6. The lowest BCUT2D eigenvalue weighted by Crippen LogP contribution is -2.40. The number of amides is 3. The molecule has 2 N–H and O–H groups in total. The molecule has 2 aromatic rings. The van der Waals surface area contributed by atoms with Crippen molar-refractivity contribution < 1.29 is 14.4 Å². The summed E-state index contributed by atoms with van der Waals surface area (Å²) in [5.41, 5.74) is 1.04. The standard InChI is InChI=1S/C20H25N3O3S/c1-3-23(14-16-8-5-4-6-9-16)20(26)13-21-19(25)12-17(22-15(2)24)18-10-7-11-27-18/h4-11,17H,3,12-14H2,1-2H3,(H,21,25)(H,22,24). The van der Waals surface area contributed by atoms with Gasteiger partial charge in [0.15, 0.2) is 0 Å². The number of carbonyl (C=O) groups is 3. The first-order valence-corrected chi connectivity index (χ1v) is 9.76. The fraction of sp³-hybridized carbons (Fsp3) is 0.350. The molecule has 0 spiro atoms. The SMILES string of the molecule is CCN(Cc1ccccc1)C(=O)CNC(=O)CC(NC(C)=O)c1cccs1. The third-order valence-electron chi connectivity index (χ3n) is 4.04. The molecule has 3 amide bonds. The van der Waals surface area contributed by atoms with Crippen molar-refractivity contribution in [2.75, 3.05) is 13.1 Å². The van der Waals surface area contributed by atoms with Crippen LogP contribution in [0.15, 0.2) is 47.8 Å². The molecule has 0 aliphatic carbocycles. The summed E-state index contributed by atoms with van der Waals surface area (Å²) in [5, 5.41) is 7.35. The Hall–Kier alpha value is -2.67. The van der Waals surface area contributed by atoms with Crippen molar-refractivity contribution in [3.63, 3.8) is 0 Å². The van der Waals surface area contributed by atoms with Crippen molar-refractivity contribution in [1.29, 1.82) is 0 Å². The van der Waals surface area contributed by atoms with Crippen LogP contribution in [0.3, 0.4) is 0 Å². The first kappa shape index (κ1) is 20.6. The average Bonchev–Trinajstić information content (AvgIpc) is 3.19. The van der Waals surface area contributed by atoms with Crippen LogP contribution in [0.2, 0.25) is 0 Å². The summed E-state index contributed by atoms with van der Waals surface area (Å²) in [7, 11) is 0. The van der Waals surface area contributed by atoms with E-state index in [2.05, 4.69) is 10.6 Å². The van der Waals surface area contributed by atoms with Crippen LogP contribution in [-0.2, 0) is 20.9 Å². The molecule has 0 saturated heterocycles. The minimum absolute atomic E-state index is 0.0588. The Kier molecular flexibility index (Phi) is 8.00. The van der Waals surface area contributed by atoms with E-state index in [0.29, 0.717) is 13.1 Å². The van der Waals surface area contributed by atoms with Crippen LogP contribution in [0.25, 0.3) is 0 Å². The zero-order valence-electron chi connectivity index (χ0n) is 15.6. The number of benzene rings is 1. The van der Waals surface area contributed by atoms with Crippen molar-refractivity contribution in [2.45, 2.75) is 32.9 Å². The van der Waals surface area contributed by atoms with Crippen molar-refractivity contribution >= 4 is 29.1 Å². The van der Waals surface area contributed by atoms with Gasteiger partial charge in [0.1, 0.15) is 0 Å². The molecular formula is C20H25N3O3S. The normalized spacial score (nSPS) is 11.5. The summed E-state index contributed by atoms with van der Waals surface area (Å²) in [4.78, 5) is 38.7. The predicted octanol–water partition coefficient (Wildman–Crippen LogP) is 2.48. The second-order valence-electron chi connectivity index (χ2n) is 6.14. The highest BCUT2D eigenvalue weighted by Gasteiger charge is 2.19. The van der Waals surface area contributed by atoms with Gasteiger partial charge in [0, 0.05) is 24.9 Å². The lowest BCUT2D eigenvalue weighted by atomic mass is 10.1. The van der Waals surface area contributed by atoms with Gasteiger partial charge < -0.3 is 15.5 Å². The summed E-state index contributed by atoms with van der Waals surface area (Å²) < 4.78 is 0. The number of nitrogens with zero attached hydrogens (tertiary/aromatic N) is 1. The Bertz CT molecular complexity index is 747. The van der Waals surface area contributed by atoms with Crippen LogP contribution >= 0.6 is 11.3 Å². The van der Waals surface area contributed by atoms with Crippen LogP contribution in [0.5, 0.6) is 0 Å². The summed E-state index contributed by atoms with van der Waals surface area (Å²) in [6.45, 7) is 4.34. The van der Waals surface area contributed by atoms with E-state index >= 15 is 0 Å². The van der Waals surface area contributed by atoms with E-state index in [1.54, 1.807) is 4.90 Å². The molecule has 27 heavy (non-hydrogen) atoms. The van der Waals surface area contributed by atoms with E-state index in [-0.39, 0.29) is 36.7 Å².